The molecule has 3 atom stereocenters. The molecule has 21 heavy (non-hydrogen) atoms. The third kappa shape index (κ3) is 3.62. The zero-order valence-electron chi connectivity index (χ0n) is 14.9. The Bertz CT molecular complexity index is 310. The Labute approximate surface area is 132 Å². The van der Waals surface area contributed by atoms with E-state index in [1.54, 1.807) is 0 Å². The Morgan fingerprint density at radius 2 is 1.48 bits per heavy atom. The van der Waals surface area contributed by atoms with Gasteiger partial charge in [-0.1, -0.05) is 20.8 Å². The molecule has 3 heteroatoms. The van der Waals surface area contributed by atoms with E-state index in [1.807, 2.05) is 0 Å². The van der Waals surface area contributed by atoms with Crippen LogP contribution in [-0.2, 0) is 0 Å². The highest BCUT2D eigenvalue weighted by molar-refractivity contribution is 5.04. The summed E-state index contributed by atoms with van der Waals surface area (Å²) in [4.78, 5) is 2.48. The Morgan fingerprint density at radius 3 is 1.90 bits per heavy atom. The van der Waals surface area contributed by atoms with E-state index in [0.717, 1.165) is 23.7 Å². The normalized spacial score (nSPS) is 43.0. The van der Waals surface area contributed by atoms with Crippen LogP contribution in [0.5, 0.6) is 0 Å². The van der Waals surface area contributed by atoms with Gasteiger partial charge in [-0.05, 0) is 82.7 Å². The van der Waals surface area contributed by atoms with Crippen LogP contribution in [0.4, 0.5) is 0 Å². The molecule has 0 amide bonds. The largest absolute Gasteiger partial charge is 0.302 e. The topological polar surface area (TPSA) is 41.3 Å². The predicted octanol–water partition coefficient (Wildman–Crippen LogP) is 3.40. The number of likely N-dealkylation sites (N-methyl/N-ethyl adjacent to an activating group) is 1. The van der Waals surface area contributed by atoms with E-state index in [0.29, 0.717) is 6.04 Å². The van der Waals surface area contributed by atoms with Gasteiger partial charge in [0.15, 0.2) is 0 Å². The van der Waals surface area contributed by atoms with Crippen molar-refractivity contribution < 1.29 is 0 Å². The Balaban J connectivity index is 2.19. The molecule has 124 valence electrons. The van der Waals surface area contributed by atoms with Gasteiger partial charge in [-0.15, -0.1) is 0 Å². The van der Waals surface area contributed by atoms with Crippen LogP contribution < -0.4 is 11.3 Å². The third-order valence-corrected chi connectivity index (χ3v) is 6.48. The predicted molar refractivity (Wildman–Crippen MR) is 90.8 cm³/mol. The molecule has 0 aromatic rings. The number of nitrogens with one attached hydrogen (secondary N) is 1. The van der Waals surface area contributed by atoms with Gasteiger partial charge in [-0.2, -0.15) is 0 Å². The second-order valence-corrected chi connectivity index (χ2v) is 8.50. The lowest BCUT2D eigenvalue weighted by atomic mass is 9.64. The molecule has 0 spiro atoms. The van der Waals surface area contributed by atoms with E-state index >= 15 is 0 Å². The van der Waals surface area contributed by atoms with Crippen LogP contribution in [0.3, 0.4) is 0 Å². The first-order valence-electron chi connectivity index (χ1n) is 9.02. The Kier molecular flexibility index (Phi) is 5.72. The van der Waals surface area contributed by atoms with E-state index in [4.69, 9.17) is 5.84 Å². The number of hydrogen-bond donors (Lipinski definition) is 2. The van der Waals surface area contributed by atoms with Gasteiger partial charge < -0.3 is 4.90 Å². The van der Waals surface area contributed by atoms with Crippen molar-refractivity contribution in [1.82, 2.24) is 10.3 Å². The third-order valence-electron chi connectivity index (χ3n) is 6.48. The molecule has 0 aromatic carbocycles. The van der Waals surface area contributed by atoms with Crippen molar-refractivity contribution in [3.8, 4) is 0 Å². The molecule has 0 bridgehead atoms. The van der Waals surface area contributed by atoms with Crippen molar-refractivity contribution >= 4 is 0 Å². The summed E-state index contributed by atoms with van der Waals surface area (Å²) in [6.07, 6.45) is 9.32. The quantitative estimate of drug-likeness (QED) is 0.617. The first-order chi connectivity index (χ1) is 9.89. The second kappa shape index (κ2) is 6.97. The molecule has 2 saturated carbocycles. The van der Waals surface area contributed by atoms with Crippen molar-refractivity contribution in [1.29, 1.82) is 0 Å². The molecule has 2 aliphatic carbocycles. The van der Waals surface area contributed by atoms with Gasteiger partial charge in [0.05, 0.1) is 0 Å². The number of nitrogens with two attached hydrogens (primary N) is 1. The van der Waals surface area contributed by atoms with E-state index in [-0.39, 0.29) is 5.54 Å². The zero-order valence-corrected chi connectivity index (χ0v) is 14.9. The molecule has 0 heterocycles. The Hall–Kier alpha value is -0.120. The molecule has 2 aliphatic rings. The van der Waals surface area contributed by atoms with Crippen molar-refractivity contribution in [2.24, 2.45) is 29.5 Å². The molecule has 0 aliphatic heterocycles. The molecule has 2 rings (SSSR count). The fourth-order valence-corrected chi connectivity index (χ4v) is 5.31. The Morgan fingerprint density at radius 1 is 0.952 bits per heavy atom. The molecule has 3 nitrogen and oxygen atoms in total. The van der Waals surface area contributed by atoms with Gasteiger partial charge in [0.2, 0.25) is 0 Å². The average molecular weight is 296 g/mol. The minimum atomic E-state index is 0.253. The first kappa shape index (κ1) is 17.2. The molecule has 0 saturated heterocycles. The van der Waals surface area contributed by atoms with Gasteiger partial charge in [0, 0.05) is 11.6 Å². The van der Waals surface area contributed by atoms with Crippen molar-refractivity contribution in [3.63, 3.8) is 0 Å². The smallest absolute Gasteiger partial charge is 0.0422 e. The highest BCUT2D eigenvalue weighted by atomic mass is 15.3. The number of nitrogens with zero attached hydrogens (tertiary/aromatic N) is 1. The van der Waals surface area contributed by atoms with Gasteiger partial charge in [-0.3, -0.25) is 11.3 Å². The lowest BCUT2D eigenvalue weighted by Gasteiger charge is -2.53. The first-order valence-corrected chi connectivity index (χ1v) is 9.02. The van der Waals surface area contributed by atoms with E-state index in [1.165, 1.54) is 44.9 Å². The minimum Gasteiger partial charge on any atom is -0.302 e. The van der Waals surface area contributed by atoms with Gasteiger partial charge in [0.1, 0.15) is 0 Å². The summed E-state index contributed by atoms with van der Waals surface area (Å²) < 4.78 is 0. The highest BCUT2D eigenvalue weighted by Crippen LogP contribution is 2.44. The monoisotopic (exact) mass is 295 g/mol. The van der Waals surface area contributed by atoms with Gasteiger partial charge >= 0.3 is 0 Å². The summed E-state index contributed by atoms with van der Waals surface area (Å²) in [5, 5.41) is 0. The average Bonchev–Trinajstić information content (AvgIpc) is 2.40. The van der Waals surface area contributed by atoms with Crippen LogP contribution in [-0.4, -0.2) is 30.6 Å². The summed E-state index contributed by atoms with van der Waals surface area (Å²) in [6, 6.07) is 0.435. The number of rotatable bonds is 4. The van der Waals surface area contributed by atoms with Crippen LogP contribution in [0.1, 0.15) is 65.7 Å². The maximum absolute atomic E-state index is 6.11. The molecule has 3 N–H and O–H groups in total. The van der Waals surface area contributed by atoms with E-state index < -0.39 is 0 Å². The van der Waals surface area contributed by atoms with Crippen LogP contribution >= 0.6 is 0 Å². The van der Waals surface area contributed by atoms with Crippen molar-refractivity contribution in [3.05, 3.63) is 0 Å². The fraction of sp³-hybridized carbons (Fsp3) is 1.00. The highest BCUT2D eigenvalue weighted by Gasteiger charge is 2.47. The van der Waals surface area contributed by atoms with Crippen LogP contribution in [0.25, 0.3) is 0 Å². The molecule has 0 aromatic heterocycles. The summed E-state index contributed by atoms with van der Waals surface area (Å²) in [7, 11) is 4.52. The molecule has 2 fully saturated rings. The van der Waals surface area contributed by atoms with Crippen LogP contribution in [0.15, 0.2) is 0 Å². The molecule has 3 unspecified atom stereocenters. The second-order valence-electron chi connectivity index (χ2n) is 8.50. The minimum absolute atomic E-state index is 0.253. The van der Waals surface area contributed by atoms with Gasteiger partial charge in [0.25, 0.3) is 0 Å². The van der Waals surface area contributed by atoms with Crippen molar-refractivity contribution in [2.45, 2.75) is 77.3 Å². The van der Waals surface area contributed by atoms with Crippen LogP contribution in [0, 0.1) is 23.7 Å². The molecule has 0 radical (unpaired) electrons. The number of hydrazine groups is 1. The summed E-state index contributed by atoms with van der Waals surface area (Å²) in [6.45, 7) is 7.23. The van der Waals surface area contributed by atoms with Crippen molar-refractivity contribution in [2.75, 3.05) is 14.1 Å². The molecular formula is C18H37N3. The number of hydrogen-bond acceptors (Lipinski definition) is 3. The standard InChI is InChI=1S/C18H37N3/c1-13-6-8-18(9-7-13,21(4)5)17(20-19)16-11-14(2)10-15(3)12-16/h13-17,20H,6-12,19H2,1-5H3. The molecular weight excluding hydrogens is 258 g/mol. The SMILES string of the molecule is CC1CCC(C(NN)C2CC(C)CC(C)C2)(N(C)C)CC1. The lowest BCUT2D eigenvalue weighted by Crippen LogP contribution is -2.65. The van der Waals surface area contributed by atoms with Crippen LogP contribution in [0.2, 0.25) is 0 Å². The maximum atomic E-state index is 6.11. The fourth-order valence-electron chi connectivity index (χ4n) is 5.31. The zero-order chi connectivity index (χ0) is 15.6. The maximum Gasteiger partial charge on any atom is 0.0422 e. The van der Waals surface area contributed by atoms with Gasteiger partial charge in [-0.25, -0.2) is 0 Å². The lowest BCUT2D eigenvalue weighted by molar-refractivity contribution is 0.00356. The van der Waals surface area contributed by atoms with E-state index in [2.05, 4.69) is 45.2 Å². The van der Waals surface area contributed by atoms with E-state index in [9.17, 15) is 0 Å². The summed E-state index contributed by atoms with van der Waals surface area (Å²) in [5.41, 5.74) is 3.53. The summed E-state index contributed by atoms with van der Waals surface area (Å²) >= 11 is 0. The summed E-state index contributed by atoms with van der Waals surface area (Å²) in [5.74, 6) is 9.40.